The molecule has 1 saturated heterocycles. The molecule has 33 heavy (non-hydrogen) atoms. The van der Waals surface area contributed by atoms with Crippen molar-refractivity contribution in [3.63, 3.8) is 0 Å². The van der Waals surface area contributed by atoms with E-state index < -0.39 is 17.5 Å². The van der Waals surface area contributed by atoms with Gasteiger partial charge in [0.2, 0.25) is 0 Å². The van der Waals surface area contributed by atoms with Crippen LogP contribution in [0.5, 0.6) is 5.75 Å². The monoisotopic (exact) mass is 448 g/mol. The highest BCUT2D eigenvalue weighted by Crippen LogP contribution is 2.35. The number of carbonyl (C=O) groups excluding carboxylic acids is 3. The number of fused-ring (bicyclic) bond motifs is 2. The number of urea groups is 1. The number of hydrogen-bond donors (Lipinski definition) is 2. The minimum atomic E-state index is -1.53. The zero-order valence-corrected chi connectivity index (χ0v) is 18.6. The van der Waals surface area contributed by atoms with Crippen LogP contribution in [0.2, 0.25) is 0 Å². The van der Waals surface area contributed by atoms with E-state index in [1.165, 1.54) is 7.11 Å². The highest BCUT2D eigenvalue weighted by atomic mass is 16.5. The van der Waals surface area contributed by atoms with E-state index in [0.717, 1.165) is 23.1 Å². The van der Waals surface area contributed by atoms with Crippen molar-refractivity contribution in [1.82, 2.24) is 20.4 Å². The lowest BCUT2D eigenvalue weighted by molar-refractivity contribution is -0.125. The molecular formula is C24H24N4O5. The fraction of sp³-hybridized carbons (Fsp3) is 0.292. The van der Waals surface area contributed by atoms with Crippen molar-refractivity contribution in [3.05, 3.63) is 64.9 Å². The van der Waals surface area contributed by atoms with E-state index in [2.05, 4.69) is 15.5 Å². The number of nitrogens with one attached hydrogen (secondary N) is 2. The maximum absolute atomic E-state index is 13.1. The first-order chi connectivity index (χ1) is 15.8. The van der Waals surface area contributed by atoms with Gasteiger partial charge in [0.25, 0.3) is 11.8 Å². The third kappa shape index (κ3) is 3.50. The Kier molecular flexibility index (Phi) is 4.86. The van der Waals surface area contributed by atoms with Crippen molar-refractivity contribution >= 4 is 28.8 Å². The fourth-order valence-corrected chi connectivity index (χ4v) is 4.50. The van der Waals surface area contributed by atoms with Gasteiger partial charge >= 0.3 is 6.03 Å². The van der Waals surface area contributed by atoms with Crippen LogP contribution in [-0.4, -0.2) is 55.4 Å². The van der Waals surface area contributed by atoms with Gasteiger partial charge in [-0.25, -0.2) is 4.79 Å². The van der Waals surface area contributed by atoms with Gasteiger partial charge in [0.15, 0.2) is 5.54 Å². The molecule has 4 amide bonds. The van der Waals surface area contributed by atoms with Crippen molar-refractivity contribution in [2.24, 2.45) is 0 Å². The summed E-state index contributed by atoms with van der Waals surface area (Å²) >= 11 is 0. The molecule has 0 saturated carbocycles. The van der Waals surface area contributed by atoms with Crippen LogP contribution >= 0.6 is 0 Å². The molecule has 1 atom stereocenters. The van der Waals surface area contributed by atoms with E-state index in [4.69, 9.17) is 9.15 Å². The molecule has 170 valence electrons. The smallest absolute Gasteiger partial charge is 0.322 e. The van der Waals surface area contributed by atoms with Gasteiger partial charge < -0.3 is 24.3 Å². The molecule has 9 heteroatoms. The quantitative estimate of drug-likeness (QED) is 0.561. The van der Waals surface area contributed by atoms with Gasteiger partial charge in [-0.2, -0.15) is 0 Å². The molecule has 2 aliphatic heterocycles. The molecule has 0 bridgehead atoms. The summed E-state index contributed by atoms with van der Waals surface area (Å²) in [4.78, 5) is 41.9. The lowest BCUT2D eigenvalue weighted by Gasteiger charge is -2.29. The lowest BCUT2D eigenvalue weighted by atomic mass is 9.95. The average molecular weight is 448 g/mol. The second kappa shape index (κ2) is 7.63. The molecule has 3 heterocycles. The summed E-state index contributed by atoms with van der Waals surface area (Å²) in [5, 5.41) is 5.84. The maximum atomic E-state index is 13.1. The number of benzene rings is 2. The van der Waals surface area contributed by atoms with Crippen LogP contribution in [0.3, 0.4) is 0 Å². The first-order valence-electron chi connectivity index (χ1n) is 10.6. The topological polar surface area (TPSA) is 104 Å². The predicted octanol–water partition coefficient (Wildman–Crippen LogP) is 2.19. The molecule has 5 rings (SSSR count). The largest absolute Gasteiger partial charge is 0.497 e. The van der Waals surface area contributed by atoms with Gasteiger partial charge in [0, 0.05) is 24.0 Å². The SMILES string of the molecule is COc1ccc2c(c1)C(=O)N(C[C@@]1(c3cc4cc(CN(C)C)ccc4o3)NC(=O)NC1=O)C2. The Hall–Kier alpha value is -3.85. The van der Waals surface area contributed by atoms with Gasteiger partial charge in [-0.15, -0.1) is 0 Å². The van der Waals surface area contributed by atoms with Gasteiger partial charge in [-0.05, 0) is 55.6 Å². The summed E-state index contributed by atoms with van der Waals surface area (Å²) in [6, 6.07) is 12.3. The van der Waals surface area contributed by atoms with Crippen LogP contribution < -0.4 is 15.4 Å². The van der Waals surface area contributed by atoms with Crippen molar-refractivity contribution in [3.8, 4) is 5.75 Å². The van der Waals surface area contributed by atoms with E-state index in [0.29, 0.717) is 23.4 Å². The Labute approximate surface area is 190 Å². The molecule has 3 aromatic rings. The summed E-state index contributed by atoms with van der Waals surface area (Å²) in [6.07, 6.45) is 0. The van der Waals surface area contributed by atoms with Crippen molar-refractivity contribution in [2.75, 3.05) is 27.7 Å². The average Bonchev–Trinajstić information content (AvgIpc) is 3.41. The number of nitrogens with zero attached hydrogens (tertiary/aromatic N) is 2. The van der Waals surface area contributed by atoms with Crippen molar-refractivity contribution < 1.29 is 23.5 Å². The molecular weight excluding hydrogens is 424 g/mol. The van der Waals surface area contributed by atoms with Gasteiger partial charge in [-0.3, -0.25) is 14.9 Å². The molecule has 0 unspecified atom stereocenters. The molecule has 2 aromatic carbocycles. The van der Waals surface area contributed by atoms with Crippen LogP contribution in [-0.2, 0) is 23.4 Å². The molecule has 1 aromatic heterocycles. The third-order valence-electron chi connectivity index (χ3n) is 6.07. The Bertz CT molecular complexity index is 1300. The van der Waals surface area contributed by atoms with Crippen LogP contribution in [0.25, 0.3) is 11.0 Å². The van der Waals surface area contributed by atoms with Crippen molar-refractivity contribution in [2.45, 2.75) is 18.6 Å². The van der Waals surface area contributed by atoms with Crippen LogP contribution in [0.15, 0.2) is 46.9 Å². The maximum Gasteiger partial charge on any atom is 0.322 e. The fourth-order valence-electron chi connectivity index (χ4n) is 4.50. The Morgan fingerprint density at radius 3 is 2.64 bits per heavy atom. The Morgan fingerprint density at radius 2 is 1.94 bits per heavy atom. The molecule has 0 aliphatic carbocycles. The molecule has 1 fully saturated rings. The number of ether oxygens (including phenoxy) is 1. The molecule has 2 aliphatic rings. The number of imide groups is 1. The second-order valence-electron chi connectivity index (χ2n) is 8.72. The van der Waals surface area contributed by atoms with Crippen LogP contribution in [0, 0.1) is 0 Å². The standard InChI is InChI=1S/C24H24N4O5/c1-27(2)11-14-4-7-19-16(8-14)9-20(33-19)24(22(30)25-23(31)26-24)13-28-12-15-5-6-17(32-3)10-18(15)21(28)29/h4-10H,11-13H2,1-3H3,(H2,25,26,30,31)/t24-/m0/s1. The number of amides is 4. The number of hydrogen-bond acceptors (Lipinski definition) is 6. The normalized spacial score (nSPS) is 19.9. The van der Waals surface area contributed by atoms with Gasteiger partial charge in [0.1, 0.15) is 17.1 Å². The number of furan rings is 1. The van der Waals surface area contributed by atoms with E-state index in [9.17, 15) is 14.4 Å². The molecule has 0 radical (unpaired) electrons. The van der Waals surface area contributed by atoms with Gasteiger partial charge in [0.05, 0.1) is 13.7 Å². The van der Waals surface area contributed by atoms with E-state index in [-0.39, 0.29) is 18.2 Å². The minimum Gasteiger partial charge on any atom is -0.497 e. The third-order valence-corrected chi connectivity index (χ3v) is 6.07. The van der Waals surface area contributed by atoms with Crippen molar-refractivity contribution in [1.29, 1.82) is 0 Å². The van der Waals surface area contributed by atoms with E-state index in [1.807, 2.05) is 38.4 Å². The highest BCUT2D eigenvalue weighted by Gasteiger charge is 2.53. The number of carbonyl (C=O) groups is 3. The number of rotatable bonds is 6. The zero-order valence-electron chi connectivity index (χ0n) is 18.6. The first kappa shape index (κ1) is 21.0. The van der Waals surface area contributed by atoms with E-state index in [1.54, 1.807) is 23.1 Å². The summed E-state index contributed by atoms with van der Waals surface area (Å²) in [7, 11) is 5.51. The summed E-state index contributed by atoms with van der Waals surface area (Å²) in [5.74, 6) is 0.0728. The zero-order chi connectivity index (χ0) is 23.3. The first-order valence-corrected chi connectivity index (χ1v) is 10.6. The lowest BCUT2D eigenvalue weighted by Crippen LogP contribution is -2.52. The predicted molar refractivity (Wildman–Crippen MR) is 120 cm³/mol. The van der Waals surface area contributed by atoms with Crippen LogP contribution in [0.4, 0.5) is 4.79 Å². The van der Waals surface area contributed by atoms with E-state index >= 15 is 0 Å². The highest BCUT2D eigenvalue weighted by molar-refractivity contribution is 6.08. The summed E-state index contributed by atoms with van der Waals surface area (Å²) < 4.78 is 11.3. The molecule has 2 N–H and O–H groups in total. The second-order valence-corrected chi connectivity index (χ2v) is 8.72. The van der Waals surface area contributed by atoms with Gasteiger partial charge in [-0.1, -0.05) is 12.1 Å². The minimum absolute atomic E-state index is 0.0647. The number of methoxy groups -OCH3 is 1. The van der Waals surface area contributed by atoms with Crippen LogP contribution in [0.1, 0.15) is 27.2 Å². The Morgan fingerprint density at radius 1 is 1.12 bits per heavy atom. The molecule has 0 spiro atoms. The summed E-state index contributed by atoms with van der Waals surface area (Å²) in [5.41, 5.74) is 1.51. The molecule has 9 nitrogen and oxygen atoms in total. The Balaban J connectivity index is 1.52. The summed E-state index contributed by atoms with van der Waals surface area (Å²) in [6.45, 7) is 1.00.